The zero-order chi connectivity index (χ0) is 19.2. The topological polar surface area (TPSA) is 84.5 Å². The van der Waals surface area contributed by atoms with Crippen LogP contribution in [0.2, 0.25) is 0 Å². The van der Waals surface area contributed by atoms with Crippen molar-refractivity contribution in [1.29, 1.82) is 0 Å². The molecule has 2 aliphatic rings. The molecule has 1 saturated heterocycles. The molecule has 1 aromatic rings. The molecule has 6 heteroatoms. The van der Waals surface area contributed by atoms with Crippen LogP contribution < -0.4 is 10.6 Å². The van der Waals surface area contributed by atoms with Crippen molar-refractivity contribution >= 4 is 23.3 Å². The summed E-state index contributed by atoms with van der Waals surface area (Å²) in [6.45, 7) is 2.90. The fourth-order valence-electron chi connectivity index (χ4n) is 3.81. The van der Waals surface area contributed by atoms with Gasteiger partial charge in [0.05, 0.1) is 6.10 Å². The van der Waals surface area contributed by atoms with E-state index < -0.39 is 0 Å². The molecule has 1 atom stereocenters. The van der Waals surface area contributed by atoms with E-state index in [4.69, 9.17) is 4.74 Å². The number of ether oxygens (including phenoxy) is 1. The van der Waals surface area contributed by atoms with Crippen LogP contribution in [0.1, 0.15) is 55.8 Å². The summed E-state index contributed by atoms with van der Waals surface area (Å²) in [5, 5.41) is 5.92. The van der Waals surface area contributed by atoms with Gasteiger partial charge in [0.25, 0.3) is 0 Å². The average Bonchev–Trinajstić information content (AvgIpc) is 3.20. The lowest BCUT2D eigenvalue weighted by atomic mass is 9.81. The highest BCUT2D eigenvalue weighted by atomic mass is 16.5. The van der Waals surface area contributed by atoms with Crippen LogP contribution in [0.25, 0.3) is 0 Å². The van der Waals surface area contributed by atoms with Crippen molar-refractivity contribution in [3.63, 3.8) is 0 Å². The molecule has 6 nitrogen and oxygen atoms in total. The summed E-state index contributed by atoms with van der Waals surface area (Å²) < 4.78 is 5.53. The molecule has 1 aromatic carbocycles. The minimum Gasteiger partial charge on any atom is -0.376 e. The summed E-state index contributed by atoms with van der Waals surface area (Å²) in [5.74, 6) is 0.00180. The van der Waals surface area contributed by atoms with Crippen LogP contribution in [-0.2, 0) is 14.3 Å². The highest BCUT2D eigenvalue weighted by molar-refractivity contribution is 5.96. The monoisotopic (exact) mass is 372 g/mol. The lowest BCUT2D eigenvalue weighted by Crippen LogP contribution is -2.38. The molecule has 0 bridgehead atoms. The van der Waals surface area contributed by atoms with Crippen molar-refractivity contribution in [2.75, 3.05) is 18.5 Å². The highest BCUT2D eigenvalue weighted by Crippen LogP contribution is 2.30. The standard InChI is InChI=1S/C21H28N2O4/c1-14(24)15-8-10-18(11-9-15)23-21(26)17-6-4-16(5-7-17)20(25)22-13-19-3-2-12-27-19/h8-11,16-17,19H,2-7,12-13H2,1H3,(H,22,25)(H,23,26). The Labute approximate surface area is 160 Å². The van der Waals surface area contributed by atoms with Gasteiger partial charge in [0.1, 0.15) is 0 Å². The van der Waals surface area contributed by atoms with E-state index in [0.29, 0.717) is 17.8 Å². The Morgan fingerprint density at radius 2 is 1.59 bits per heavy atom. The number of anilines is 1. The van der Waals surface area contributed by atoms with E-state index in [1.165, 1.54) is 6.92 Å². The molecule has 2 fully saturated rings. The molecule has 146 valence electrons. The molecule has 3 rings (SSSR count). The van der Waals surface area contributed by atoms with Crippen LogP contribution in [0.3, 0.4) is 0 Å². The van der Waals surface area contributed by atoms with Gasteiger partial charge in [-0.15, -0.1) is 0 Å². The number of carbonyl (C=O) groups excluding carboxylic acids is 3. The van der Waals surface area contributed by atoms with Gasteiger partial charge in [-0.3, -0.25) is 14.4 Å². The lowest BCUT2D eigenvalue weighted by Gasteiger charge is -2.27. The Kier molecular flexibility index (Phi) is 6.61. The number of nitrogens with one attached hydrogen (secondary N) is 2. The fraction of sp³-hybridized carbons (Fsp3) is 0.571. The lowest BCUT2D eigenvalue weighted by molar-refractivity contribution is -0.128. The number of hydrogen-bond donors (Lipinski definition) is 2. The first-order valence-electron chi connectivity index (χ1n) is 9.84. The van der Waals surface area contributed by atoms with Crippen LogP contribution in [0.15, 0.2) is 24.3 Å². The largest absolute Gasteiger partial charge is 0.376 e. The van der Waals surface area contributed by atoms with E-state index in [-0.39, 0.29) is 35.5 Å². The number of rotatable bonds is 6. The minimum absolute atomic E-state index is 0.00368. The Hall–Kier alpha value is -2.21. The number of amides is 2. The second kappa shape index (κ2) is 9.13. The normalized spacial score (nSPS) is 25.0. The summed E-state index contributed by atoms with van der Waals surface area (Å²) in [6, 6.07) is 6.93. The summed E-state index contributed by atoms with van der Waals surface area (Å²) in [4.78, 5) is 36.1. The summed E-state index contributed by atoms with van der Waals surface area (Å²) in [6.07, 6.45) is 5.14. The third-order valence-corrected chi connectivity index (χ3v) is 5.56. The van der Waals surface area contributed by atoms with Crippen molar-refractivity contribution in [1.82, 2.24) is 5.32 Å². The smallest absolute Gasteiger partial charge is 0.227 e. The fourth-order valence-corrected chi connectivity index (χ4v) is 3.81. The summed E-state index contributed by atoms with van der Waals surface area (Å²) in [5.41, 5.74) is 1.32. The quantitative estimate of drug-likeness (QED) is 0.752. The molecule has 1 heterocycles. The molecule has 1 saturated carbocycles. The Morgan fingerprint density at radius 3 is 2.15 bits per heavy atom. The molecular weight excluding hydrogens is 344 g/mol. The number of Topliss-reactive ketones (excluding diaryl/α,β-unsaturated/α-hetero) is 1. The molecule has 1 aliphatic carbocycles. The zero-order valence-electron chi connectivity index (χ0n) is 15.8. The second-order valence-electron chi connectivity index (χ2n) is 7.55. The first-order valence-corrected chi connectivity index (χ1v) is 9.84. The van der Waals surface area contributed by atoms with E-state index in [1.54, 1.807) is 24.3 Å². The number of carbonyl (C=O) groups is 3. The number of ketones is 1. The summed E-state index contributed by atoms with van der Waals surface area (Å²) in [7, 11) is 0. The van der Waals surface area contributed by atoms with Gasteiger partial charge in [0.15, 0.2) is 5.78 Å². The molecule has 1 aliphatic heterocycles. The minimum atomic E-state index is -0.0697. The molecule has 0 radical (unpaired) electrons. The average molecular weight is 372 g/mol. The van der Waals surface area contributed by atoms with E-state index >= 15 is 0 Å². The van der Waals surface area contributed by atoms with Crippen LogP contribution in [0.4, 0.5) is 5.69 Å². The zero-order valence-corrected chi connectivity index (χ0v) is 15.8. The Bertz CT molecular complexity index is 672. The highest BCUT2D eigenvalue weighted by Gasteiger charge is 2.30. The van der Waals surface area contributed by atoms with E-state index in [1.807, 2.05) is 0 Å². The Morgan fingerprint density at radius 1 is 0.963 bits per heavy atom. The second-order valence-corrected chi connectivity index (χ2v) is 7.55. The van der Waals surface area contributed by atoms with Crippen LogP contribution in [0.5, 0.6) is 0 Å². The molecule has 2 amide bonds. The van der Waals surface area contributed by atoms with Gasteiger partial charge in [0, 0.05) is 36.2 Å². The van der Waals surface area contributed by atoms with E-state index in [0.717, 1.165) is 45.1 Å². The third-order valence-electron chi connectivity index (χ3n) is 5.56. The molecule has 0 aromatic heterocycles. The number of benzene rings is 1. The van der Waals surface area contributed by atoms with Crippen LogP contribution in [-0.4, -0.2) is 36.9 Å². The Balaban J connectivity index is 1.41. The van der Waals surface area contributed by atoms with Gasteiger partial charge in [-0.25, -0.2) is 0 Å². The van der Waals surface area contributed by atoms with Gasteiger partial charge < -0.3 is 15.4 Å². The molecular formula is C21H28N2O4. The maximum Gasteiger partial charge on any atom is 0.227 e. The van der Waals surface area contributed by atoms with Gasteiger partial charge in [0.2, 0.25) is 11.8 Å². The maximum atomic E-state index is 12.5. The SMILES string of the molecule is CC(=O)c1ccc(NC(=O)C2CCC(C(=O)NCC3CCCO3)CC2)cc1. The molecule has 27 heavy (non-hydrogen) atoms. The van der Waals surface area contributed by atoms with Crippen LogP contribution in [0, 0.1) is 11.8 Å². The molecule has 2 N–H and O–H groups in total. The molecule has 0 spiro atoms. The van der Waals surface area contributed by atoms with Crippen molar-refractivity contribution in [2.24, 2.45) is 11.8 Å². The van der Waals surface area contributed by atoms with Gasteiger partial charge in [-0.1, -0.05) is 0 Å². The van der Waals surface area contributed by atoms with Crippen molar-refractivity contribution in [3.05, 3.63) is 29.8 Å². The summed E-state index contributed by atoms with van der Waals surface area (Å²) >= 11 is 0. The first-order chi connectivity index (χ1) is 13.0. The van der Waals surface area contributed by atoms with Crippen molar-refractivity contribution in [3.8, 4) is 0 Å². The third kappa shape index (κ3) is 5.39. The van der Waals surface area contributed by atoms with Gasteiger partial charge >= 0.3 is 0 Å². The predicted octanol–water partition coefficient (Wildman–Crippen LogP) is 2.93. The number of hydrogen-bond acceptors (Lipinski definition) is 4. The first kappa shape index (κ1) is 19.5. The van der Waals surface area contributed by atoms with Crippen molar-refractivity contribution in [2.45, 2.75) is 51.6 Å². The van der Waals surface area contributed by atoms with E-state index in [2.05, 4.69) is 10.6 Å². The van der Waals surface area contributed by atoms with Crippen molar-refractivity contribution < 1.29 is 19.1 Å². The van der Waals surface area contributed by atoms with E-state index in [9.17, 15) is 14.4 Å². The maximum absolute atomic E-state index is 12.5. The van der Waals surface area contributed by atoms with Gasteiger partial charge in [-0.2, -0.15) is 0 Å². The van der Waals surface area contributed by atoms with Gasteiger partial charge in [-0.05, 0) is 69.7 Å². The predicted molar refractivity (Wildman–Crippen MR) is 103 cm³/mol. The van der Waals surface area contributed by atoms with Crippen LogP contribution >= 0.6 is 0 Å². The molecule has 1 unspecified atom stereocenters.